The van der Waals surface area contributed by atoms with E-state index in [1.54, 1.807) is 18.2 Å². The second kappa shape index (κ2) is 6.89. The Hall–Kier alpha value is -1.84. The minimum atomic E-state index is -4.40. The molecular weight excluding hydrogens is 408 g/mol. The van der Waals surface area contributed by atoms with Crippen LogP contribution in [0.5, 0.6) is 0 Å². The Labute approximate surface area is 163 Å². The van der Waals surface area contributed by atoms with Crippen molar-refractivity contribution in [1.29, 1.82) is 0 Å². The van der Waals surface area contributed by atoms with Crippen LogP contribution in [-0.2, 0) is 19.9 Å². The predicted octanol–water partition coefficient (Wildman–Crippen LogP) is 3.12. The zero-order valence-corrected chi connectivity index (χ0v) is 16.5. The number of sulfonamides is 1. The summed E-state index contributed by atoms with van der Waals surface area (Å²) in [6.45, 7) is 0. The van der Waals surface area contributed by atoms with Crippen LogP contribution in [0.25, 0.3) is 0 Å². The number of piperidine rings is 1. The molecule has 2 aromatic rings. The molecule has 2 aliphatic rings. The third-order valence-electron chi connectivity index (χ3n) is 5.59. The van der Waals surface area contributed by atoms with Crippen LogP contribution in [0.15, 0.2) is 58.3 Å². The predicted molar refractivity (Wildman–Crippen MR) is 98.8 cm³/mol. The molecule has 4 rings (SSSR count). The monoisotopic (exact) mass is 427 g/mol. The van der Waals surface area contributed by atoms with E-state index in [2.05, 4.69) is 0 Å². The number of halogens is 2. The van der Waals surface area contributed by atoms with Crippen molar-refractivity contribution in [1.82, 2.24) is 4.31 Å². The van der Waals surface area contributed by atoms with Crippen LogP contribution in [0.2, 0.25) is 0 Å². The standard InChI is InChI=1S/C19H19F2NO4S2/c20-17-7-4-8-18(21)19(17)28(25,26)22-13-9-10-14(22)12-16(11-13)27(23,24)15-5-2-1-3-6-15/h1-8,13-14,16H,9-12H2. The van der Waals surface area contributed by atoms with Crippen molar-refractivity contribution in [2.45, 2.75) is 52.8 Å². The van der Waals surface area contributed by atoms with Crippen LogP contribution in [0, 0.1) is 11.6 Å². The molecule has 0 amide bonds. The van der Waals surface area contributed by atoms with Gasteiger partial charge in [-0.2, -0.15) is 4.31 Å². The van der Waals surface area contributed by atoms with Crippen LogP contribution in [0.3, 0.4) is 0 Å². The van der Waals surface area contributed by atoms with Gasteiger partial charge < -0.3 is 0 Å². The molecule has 9 heteroatoms. The molecule has 2 aromatic carbocycles. The van der Waals surface area contributed by atoms with E-state index in [0.29, 0.717) is 12.8 Å². The van der Waals surface area contributed by atoms with Gasteiger partial charge in [-0.3, -0.25) is 0 Å². The van der Waals surface area contributed by atoms with Crippen LogP contribution in [0.1, 0.15) is 25.7 Å². The van der Waals surface area contributed by atoms with Crippen molar-refractivity contribution in [3.8, 4) is 0 Å². The molecule has 2 bridgehead atoms. The molecule has 2 heterocycles. The first kappa shape index (κ1) is 19.5. The zero-order valence-electron chi connectivity index (χ0n) is 14.8. The largest absolute Gasteiger partial charge is 0.249 e. The number of benzene rings is 2. The van der Waals surface area contributed by atoms with Crippen molar-refractivity contribution >= 4 is 19.9 Å². The topological polar surface area (TPSA) is 71.5 Å². The summed E-state index contributed by atoms with van der Waals surface area (Å²) >= 11 is 0. The van der Waals surface area contributed by atoms with Crippen LogP contribution in [0.4, 0.5) is 8.78 Å². The van der Waals surface area contributed by atoms with Gasteiger partial charge in [0.2, 0.25) is 10.0 Å². The third-order valence-corrected chi connectivity index (χ3v) is 9.84. The average molecular weight is 427 g/mol. The smallest absolute Gasteiger partial charge is 0.223 e. The number of hydrogen-bond donors (Lipinski definition) is 0. The average Bonchev–Trinajstić information content (AvgIpc) is 2.93. The quantitative estimate of drug-likeness (QED) is 0.752. The highest BCUT2D eigenvalue weighted by Crippen LogP contribution is 2.43. The van der Waals surface area contributed by atoms with Crippen molar-refractivity contribution in [3.63, 3.8) is 0 Å². The van der Waals surface area contributed by atoms with E-state index >= 15 is 0 Å². The highest BCUT2D eigenvalue weighted by atomic mass is 32.2. The lowest BCUT2D eigenvalue weighted by Crippen LogP contribution is -2.49. The Morgan fingerprint density at radius 2 is 1.32 bits per heavy atom. The third kappa shape index (κ3) is 3.05. The van der Waals surface area contributed by atoms with Crippen LogP contribution >= 0.6 is 0 Å². The number of rotatable bonds is 4. The Morgan fingerprint density at radius 1 is 0.786 bits per heavy atom. The molecule has 0 radical (unpaired) electrons. The minimum Gasteiger partial charge on any atom is -0.223 e. The van der Waals surface area contributed by atoms with Gasteiger partial charge in [-0.05, 0) is 49.9 Å². The maximum atomic E-state index is 14.1. The van der Waals surface area contributed by atoms with Gasteiger partial charge in [0, 0.05) is 12.1 Å². The van der Waals surface area contributed by atoms with Crippen molar-refractivity contribution < 1.29 is 25.6 Å². The van der Waals surface area contributed by atoms with E-state index in [1.165, 1.54) is 12.1 Å². The van der Waals surface area contributed by atoms with Gasteiger partial charge in [0.1, 0.15) is 11.6 Å². The zero-order chi connectivity index (χ0) is 20.1. The highest BCUT2D eigenvalue weighted by molar-refractivity contribution is 7.92. The lowest BCUT2D eigenvalue weighted by Gasteiger charge is -2.37. The molecule has 150 valence electrons. The molecule has 5 nitrogen and oxygen atoms in total. The molecule has 2 fully saturated rings. The van der Waals surface area contributed by atoms with Crippen molar-refractivity contribution in [2.75, 3.05) is 0 Å². The van der Waals surface area contributed by atoms with E-state index in [9.17, 15) is 25.6 Å². The number of fused-ring (bicyclic) bond motifs is 2. The summed E-state index contributed by atoms with van der Waals surface area (Å²) in [6, 6.07) is 9.79. The second-order valence-corrected chi connectivity index (χ2v) is 11.2. The van der Waals surface area contributed by atoms with Crippen LogP contribution < -0.4 is 0 Å². The first-order valence-corrected chi connectivity index (χ1v) is 12.0. The summed E-state index contributed by atoms with van der Waals surface area (Å²) < 4.78 is 81.3. The molecule has 28 heavy (non-hydrogen) atoms. The lowest BCUT2D eigenvalue weighted by atomic mass is 10.1. The van der Waals surface area contributed by atoms with Crippen molar-refractivity contribution in [3.05, 3.63) is 60.2 Å². The second-order valence-electron chi connectivity index (χ2n) is 7.22. The fourth-order valence-electron chi connectivity index (χ4n) is 4.37. The summed E-state index contributed by atoms with van der Waals surface area (Å²) in [5.41, 5.74) is 0. The van der Waals surface area contributed by atoms with Gasteiger partial charge in [-0.1, -0.05) is 24.3 Å². The molecular formula is C19H19F2NO4S2. The summed E-state index contributed by atoms with van der Waals surface area (Å²) in [6.07, 6.45) is 1.17. The maximum Gasteiger partial charge on any atom is 0.249 e. The maximum absolute atomic E-state index is 14.1. The molecule has 0 N–H and O–H groups in total. The molecule has 0 aliphatic carbocycles. The highest BCUT2D eigenvalue weighted by Gasteiger charge is 2.51. The number of hydrogen-bond acceptors (Lipinski definition) is 4. The Morgan fingerprint density at radius 3 is 1.86 bits per heavy atom. The van der Waals surface area contributed by atoms with E-state index in [4.69, 9.17) is 0 Å². The summed E-state index contributed by atoms with van der Waals surface area (Å²) in [5.74, 6) is -2.28. The van der Waals surface area contributed by atoms with E-state index in [1.807, 2.05) is 0 Å². The van der Waals surface area contributed by atoms with Gasteiger partial charge in [-0.25, -0.2) is 25.6 Å². The first-order valence-electron chi connectivity index (χ1n) is 8.99. The lowest BCUT2D eigenvalue weighted by molar-refractivity contribution is 0.247. The van der Waals surface area contributed by atoms with Gasteiger partial charge >= 0.3 is 0 Å². The van der Waals surface area contributed by atoms with Gasteiger partial charge in [-0.15, -0.1) is 0 Å². The molecule has 2 unspecified atom stereocenters. The summed E-state index contributed by atoms with van der Waals surface area (Å²) in [5, 5.41) is -0.718. The molecule has 0 spiro atoms. The fraction of sp³-hybridized carbons (Fsp3) is 0.368. The molecule has 2 atom stereocenters. The molecule has 0 aromatic heterocycles. The number of sulfone groups is 1. The minimum absolute atomic E-state index is 0.114. The molecule has 2 aliphatic heterocycles. The SMILES string of the molecule is O=S(=O)(c1ccccc1)C1CC2CCC(C1)N2S(=O)(=O)c1c(F)cccc1F. The molecule has 0 saturated carbocycles. The van der Waals surface area contributed by atoms with Gasteiger partial charge in [0.15, 0.2) is 14.7 Å². The normalized spacial score (nSPS) is 25.7. The van der Waals surface area contributed by atoms with E-state index in [-0.39, 0.29) is 17.7 Å². The van der Waals surface area contributed by atoms with Crippen LogP contribution in [-0.4, -0.2) is 38.5 Å². The number of nitrogens with zero attached hydrogens (tertiary/aromatic N) is 1. The van der Waals surface area contributed by atoms with Crippen molar-refractivity contribution in [2.24, 2.45) is 0 Å². The van der Waals surface area contributed by atoms with E-state index < -0.39 is 53.7 Å². The van der Waals surface area contributed by atoms with E-state index in [0.717, 1.165) is 22.5 Å². The summed E-state index contributed by atoms with van der Waals surface area (Å²) in [4.78, 5) is -0.757. The Bertz CT molecular complexity index is 1070. The Kier molecular flexibility index (Phi) is 4.79. The fourth-order valence-corrected chi connectivity index (χ4v) is 8.25. The Balaban J connectivity index is 1.67. The van der Waals surface area contributed by atoms with Gasteiger partial charge in [0.25, 0.3) is 0 Å². The first-order chi connectivity index (χ1) is 13.2. The molecule has 2 saturated heterocycles. The summed E-state index contributed by atoms with van der Waals surface area (Å²) in [7, 11) is -8.01. The van der Waals surface area contributed by atoms with Gasteiger partial charge in [0.05, 0.1) is 10.1 Å².